The van der Waals surface area contributed by atoms with Crippen LogP contribution >= 0.6 is 0 Å². The Kier molecular flexibility index (Phi) is 6.16. The summed E-state index contributed by atoms with van der Waals surface area (Å²) >= 11 is 0. The molecule has 1 aromatic rings. The van der Waals surface area contributed by atoms with Crippen molar-refractivity contribution in [2.75, 3.05) is 6.61 Å². The summed E-state index contributed by atoms with van der Waals surface area (Å²) in [6.45, 7) is 4.51. The van der Waals surface area contributed by atoms with Gasteiger partial charge in [-0.15, -0.1) is 0 Å². The smallest absolute Gasteiger partial charge is 0.326 e. The Balaban J connectivity index is 2.10. The summed E-state index contributed by atoms with van der Waals surface area (Å²) < 4.78 is 5.81. The van der Waals surface area contributed by atoms with Crippen LogP contribution in [0.3, 0.4) is 0 Å². The highest BCUT2D eigenvalue weighted by Crippen LogP contribution is 2.33. The number of hydrogen-bond acceptors (Lipinski definition) is 3. The molecule has 0 radical (unpaired) electrons. The standard InChI is InChI=1S/C18H25NO4/c1-12(2)11-15(18(21)22)19-17(20)14-9-6-10-23-16(14)13-7-4-3-5-8-13/h3-5,7-8,12,14-16H,6,9-11H2,1-2H3,(H,19,20)(H,21,22)/t14?,15-,16?/m1/s1. The molecule has 0 bridgehead atoms. The Morgan fingerprint density at radius 1 is 1.30 bits per heavy atom. The van der Waals surface area contributed by atoms with E-state index in [1.54, 1.807) is 0 Å². The Morgan fingerprint density at radius 3 is 2.61 bits per heavy atom. The molecular weight excluding hydrogens is 294 g/mol. The van der Waals surface area contributed by atoms with Gasteiger partial charge in [0.15, 0.2) is 0 Å². The number of carboxylic acid groups (broad SMARTS) is 1. The van der Waals surface area contributed by atoms with Gasteiger partial charge in [-0.2, -0.15) is 0 Å². The molecule has 5 nitrogen and oxygen atoms in total. The molecule has 1 aromatic carbocycles. The van der Waals surface area contributed by atoms with Gasteiger partial charge < -0.3 is 15.2 Å². The van der Waals surface area contributed by atoms with E-state index in [4.69, 9.17) is 4.74 Å². The van der Waals surface area contributed by atoms with E-state index in [9.17, 15) is 14.7 Å². The number of carboxylic acids is 1. The molecule has 2 rings (SSSR count). The zero-order valence-corrected chi connectivity index (χ0v) is 13.7. The monoisotopic (exact) mass is 319 g/mol. The van der Waals surface area contributed by atoms with E-state index in [0.717, 1.165) is 12.0 Å². The maximum atomic E-state index is 12.6. The summed E-state index contributed by atoms with van der Waals surface area (Å²) in [4.78, 5) is 24.0. The lowest BCUT2D eigenvalue weighted by atomic mass is 9.88. The topological polar surface area (TPSA) is 75.6 Å². The van der Waals surface area contributed by atoms with Crippen molar-refractivity contribution in [2.24, 2.45) is 11.8 Å². The SMILES string of the molecule is CC(C)C[C@@H](NC(=O)C1CCCOC1c1ccccc1)C(=O)O. The lowest BCUT2D eigenvalue weighted by Crippen LogP contribution is -2.46. The number of ether oxygens (including phenoxy) is 1. The molecule has 0 aliphatic carbocycles. The minimum atomic E-state index is -0.986. The second kappa shape index (κ2) is 8.11. The van der Waals surface area contributed by atoms with Crippen LogP contribution in [0.5, 0.6) is 0 Å². The van der Waals surface area contributed by atoms with Gasteiger partial charge in [-0.25, -0.2) is 4.79 Å². The van der Waals surface area contributed by atoms with E-state index < -0.39 is 12.0 Å². The number of nitrogens with one attached hydrogen (secondary N) is 1. The molecule has 0 aromatic heterocycles. The van der Waals surface area contributed by atoms with Crippen LogP contribution in [0, 0.1) is 11.8 Å². The highest BCUT2D eigenvalue weighted by atomic mass is 16.5. The van der Waals surface area contributed by atoms with Gasteiger partial charge in [0.25, 0.3) is 0 Å². The van der Waals surface area contributed by atoms with Crippen LogP contribution in [0.4, 0.5) is 0 Å². The molecule has 3 atom stereocenters. The summed E-state index contributed by atoms with van der Waals surface area (Å²) in [5, 5.41) is 12.0. The van der Waals surface area contributed by atoms with Gasteiger partial charge in [-0.3, -0.25) is 4.79 Å². The number of amides is 1. The lowest BCUT2D eigenvalue weighted by Gasteiger charge is -2.32. The fourth-order valence-corrected chi connectivity index (χ4v) is 2.99. The van der Waals surface area contributed by atoms with Crippen LogP contribution < -0.4 is 5.32 Å². The number of aliphatic carboxylic acids is 1. The van der Waals surface area contributed by atoms with E-state index >= 15 is 0 Å². The molecular formula is C18H25NO4. The third-order valence-corrected chi connectivity index (χ3v) is 4.11. The normalized spacial score (nSPS) is 22.6. The first-order chi connectivity index (χ1) is 11.0. The average molecular weight is 319 g/mol. The van der Waals surface area contributed by atoms with Gasteiger partial charge >= 0.3 is 5.97 Å². The second-order valence-corrected chi connectivity index (χ2v) is 6.48. The van der Waals surface area contributed by atoms with Gasteiger partial charge in [-0.1, -0.05) is 44.2 Å². The number of carbonyl (C=O) groups excluding carboxylic acids is 1. The number of rotatable bonds is 6. The zero-order chi connectivity index (χ0) is 16.8. The third kappa shape index (κ3) is 4.79. The zero-order valence-electron chi connectivity index (χ0n) is 13.7. The molecule has 1 amide bonds. The molecule has 23 heavy (non-hydrogen) atoms. The highest BCUT2D eigenvalue weighted by molar-refractivity contribution is 5.85. The van der Waals surface area contributed by atoms with Crippen LogP contribution in [-0.4, -0.2) is 29.6 Å². The molecule has 126 valence electrons. The van der Waals surface area contributed by atoms with Gasteiger partial charge in [0.2, 0.25) is 5.91 Å². The number of benzene rings is 1. The van der Waals surface area contributed by atoms with Crippen molar-refractivity contribution in [3.63, 3.8) is 0 Å². The van der Waals surface area contributed by atoms with Gasteiger partial charge in [0.1, 0.15) is 6.04 Å². The van der Waals surface area contributed by atoms with Crippen LogP contribution in [0.25, 0.3) is 0 Å². The summed E-state index contributed by atoms with van der Waals surface area (Å²) in [5.41, 5.74) is 0.961. The number of hydrogen-bond donors (Lipinski definition) is 2. The molecule has 1 aliphatic heterocycles. The Hall–Kier alpha value is -1.88. The third-order valence-electron chi connectivity index (χ3n) is 4.11. The molecule has 0 spiro atoms. The van der Waals surface area contributed by atoms with Gasteiger partial charge in [0, 0.05) is 6.61 Å². The first kappa shape index (κ1) is 17.5. The van der Waals surface area contributed by atoms with Crippen molar-refractivity contribution in [1.29, 1.82) is 0 Å². The molecule has 2 unspecified atom stereocenters. The Morgan fingerprint density at radius 2 is 2.00 bits per heavy atom. The highest BCUT2D eigenvalue weighted by Gasteiger charge is 2.35. The van der Waals surface area contributed by atoms with Crippen molar-refractivity contribution < 1.29 is 19.4 Å². The van der Waals surface area contributed by atoms with Crippen LogP contribution in [0.2, 0.25) is 0 Å². The second-order valence-electron chi connectivity index (χ2n) is 6.48. The molecule has 1 heterocycles. The molecule has 1 aliphatic rings. The first-order valence-electron chi connectivity index (χ1n) is 8.18. The largest absolute Gasteiger partial charge is 0.480 e. The summed E-state index contributed by atoms with van der Waals surface area (Å²) in [5.74, 6) is -1.37. The van der Waals surface area contributed by atoms with Crippen molar-refractivity contribution in [3.05, 3.63) is 35.9 Å². The Bertz CT molecular complexity index is 529. The van der Waals surface area contributed by atoms with Gasteiger partial charge in [0.05, 0.1) is 12.0 Å². The Labute approximate surface area is 137 Å². The number of carbonyl (C=O) groups is 2. The quantitative estimate of drug-likeness (QED) is 0.845. The van der Waals surface area contributed by atoms with E-state index in [0.29, 0.717) is 19.4 Å². The van der Waals surface area contributed by atoms with Crippen molar-refractivity contribution in [2.45, 2.75) is 45.3 Å². The minimum Gasteiger partial charge on any atom is -0.480 e. The summed E-state index contributed by atoms with van der Waals surface area (Å²) in [7, 11) is 0. The van der Waals surface area contributed by atoms with E-state index in [1.807, 2.05) is 44.2 Å². The molecule has 1 saturated heterocycles. The molecule has 0 saturated carbocycles. The fourth-order valence-electron chi connectivity index (χ4n) is 2.99. The predicted octanol–water partition coefficient (Wildman–Crippen LogP) is 2.77. The maximum absolute atomic E-state index is 12.6. The molecule has 5 heteroatoms. The maximum Gasteiger partial charge on any atom is 0.326 e. The first-order valence-corrected chi connectivity index (χ1v) is 8.18. The van der Waals surface area contributed by atoms with Crippen LogP contribution in [0.15, 0.2) is 30.3 Å². The van der Waals surface area contributed by atoms with Crippen molar-refractivity contribution in [3.8, 4) is 0 Å². The van der Waals surface area contributed by atoms with Crippen LogP contribution in [-0.2, 0) is 14.3 Å². The lowest BCUT2D eigenvalue weighted by molar-refractivity contribution is -0.145. The predicted molar refractivity (Wildman–Crippen MR) is 86.9 cm³/mol. The fraction of sp³-hybridized carbons (Fsp3) is 0.556. The van der Waals surface area contributed by atoms with Crippen molar-refractivity contribution in [1.82, 2.24) is 5.32 Å². The summed E-state index contributed by atoms with van der Waals surface area (Å²) in [6, 6.07) is 8.80. The van der Waals surface area contributed by atoms with Crippen molar-refractivity contribution >= 4 is 11.9 Å². The minimum absolute atomic E-state index is 0.198. The van der Waals surface area contributed by atoms with E-state index in [2.05, 4.69) is 5.32 Å². The average Bonchev–Trinajstić information content (AvgIpc) is 2.54. The summed E-state index contributed by atoms with van der Waals surface area (Å²) in [6.07, 6.45) is 1.63. The van der Waals surface area contributed by atoms with E-state index in [-0.39, 0.29) is 23.8 Å². The molecule has 1 fully saturated rings. The van der Waals surface area contributed by atoms with Crippen LogP contribution in [0.1, 0.15) is 44.8 Å². The van der Waals surface area contributed by atoms with Gasteiger partial charge in [-0.05, 0) is 30.7 Å². The molecule has 2 N–H and O–H groups in total. The van der Waals surface area contributed by atoms with E-state index in [1.165, 1.54) is 0 Å².